The van der Waals surface area contributed by atoms with Gasteiger partial charge in [0, 0.05) is 10.8 Å². The highest BCUT2D eigenvalue weighted by Crippen LogP contribution is 2.53. The SMILES string of the molecule is [2H]C([2H])(O[P@@](=O)(C[C@@H](C)C(=O)OC(C)C)Oc1ccccc1)[C@H]1O[C@@H](n2cc(F)c(=O)[nH]c2=O)C(F)(C#CCl)[C@H]1O.[2H]C([2H])(O[P@@](=O)(C[C@@H](C)C(=O)OC(C)C)Oc1ccccc1)[C@H]1O[C@@H](n2ncc(=O)[nH]c2=O)C(F)(C#CCl)[C@H]1O. The van der Waals surface area contributed by atoms with Crippen molar-refractivity contribution in [3.8, 4) is 34.1 Å². The molecule has 418 valence electrons. The number of carbonyl (C=O) groups excluding carboxylic acids is 2. The number of para-hydroxylation sites is 2. The summed E-state index contributed by atoms with van der Waals surface area (Å²) in [7, 11) is -9.34. The average Bonchev–Trinajstić information content (AvgIpc) is 4.06. The summed E-state index contributed by atoms with van der Waals surface area (Å²) in [4.78, 5) is 75.7. The predicted octanol–water partition coefficient (Wildman–Crippen LogP) is 4.69. The van der Waals surface area contributed by atoms with Gasteiger partial charge in [-0.15, -0.1) is 0 Å². The van der Waals surface area contributed by atoms with Gasteiger partial charge in [-0.05, 0) is 87.0 Å². The number of H-pyrrole nitrogens is 2. The third-order valence-electron chi connectivity index (χ3n) is 10.4. The summed E-state index contributed by atoms with van der Waals surface area (Å²) in [6.07, 6.45) is -15.9. The van der Waals surface area contributed by atoms with E-state index < -0.39 is 153 Å². The summed E-state index contributed by atoms with van der Waals surface area (Å²) >= 11 is 10.7. The van der Waals surface area contributed by atoms with Crippen LogP contribution in [0.2, 0.25) is 0 Å². The molecule has 2 aliphatic rings. The number of esters is 2. The first-order chi connectivity index (χ1) is 37.6. The third kappa shape index (κ3) is 15.8. The minimum absolute atomic E-state index is 0.00587. The van der Waals surface area contributed by atoms with E-state index in [2.05, 4.69) is 5.10 Å². The molecule has 2 aromatic carbocycles. The number of ether oxygens (including phenoxy) is 4. The van der Waals surface area contributed by atoms with E-state index in [-0.39, 0.29) is 26.9 Å². The van der Waals surface area contributed by atoms with Crippen molar-refractivity contribution in [1.82, 2.24) is 24.3 Å². The van der Waals surface area contributed by atoms with Crippen LogP contribution in [0.25, 0.3) is 0 Å². The van der Waals surface area contributed by atoms with Gasteiger partial charge in [0.1, 0.15) is 42.1 Å². The molecule has 0 spiro atoms. The second-order valence-electron chi connectivity index (χ2n) is 17.3. The number of hydrogen-bond donors (Lipinski definition) is 4. The Balaban J connectivity index is 0.000000297. The lowest BCUT2D eigenvalue weighted by Crippen LogP contribution is -2.46. The fourth-order valence-electron chi connectivity index (χ4n) is 6.88. The van der Waals surface area contributed by atoms with Gasteiger partial charge in [0.25, 0.3) is 11.1 Å². The number of aromatic nitrogens is 5. The number of halogens is 5. The maximum Gasteiger partial charge on any atom is 0.380 e. The van der Waals surface area contributed by atoms with Crippen LogP contribution < -0.4 is 31.5 Å². The highest BCUT2D eigenvalue weighted by atomic mass is 35.5. The molecule has 2 aliphatic heterocycles. The normalized spacial score (nSPS) is 26.2. The Morgan fingerprint density at radius 3 is 1.60 bits per heavy atom. The zero-order valence-electron chi connectivity index (χ0n) is 45.2. The topological polar surface area (TPSA) is 305 Å². The van der Waals surface area contributed by atoms with Crippen LogP contribution in [-0.2, 0) is 46.7 Å². The van der Waals surface area contributed by atoms with E-state index in [9.17, 15) is 52.5 Å². The monoisotopic (exact) mass is 1170 g/mol. The Bertz CT molecular complexity index is 3390. The predicted molar refractivity (Wildman–Crippen MR) is 267 cm³/mol. The van der Waals surface area contributed by atoms with Crippen molar-refractivity contribution >= 4 is 50.3 Å². The molecule has 30 heteroatoms. The minimum atomic E-state index is -4.70. The molecule has 12 atom stereocenters. The summed E-state index contributed by atoms with van der Waals surface area (Å²) in [6.45, 7) is 2.41. The number of carbonyl (C=O) groups is 2. The molecule has 4 aromatic rings. The number of nitrogens with one attached hydrogen (secondary N) is 2. The maximum atomic E-state index is 16.1. The number of aliphatic hydroxyl groups excluding tert-OH is 2. The van der Waals surface area contributed by atoms with Gasteiger partial charge in [-0.3, -0.25) is 42.8 Å². The molecular formula is C47H52Cl2F3N5O18P2. The Labute approximate surface area is 451 Å². The van der Waals surface area contributed by atoms with Crippen molar-refractivity contribution in [1.29, 1.82) is 0 Å². The molecule has 2 saturated heterocycles. The molecule has 4 heterocycles. The molecule has 0 bridgehead atoms. The van der Waals surface area contributed by atoms with Crippen molar-refractivity contribution in [2.45, 2.75) is 102 Å². The largest absolute Gasteiger partial charge is 0.463 e. The van der Waals surface area contributed by atoms with Gasteiger partial charge >= 0.3 is 38.5 Å². The van der Waals surface area contributed by atoms with Crippen molar-refractivity contribution in [3.05, 3.63) is 121 Å². The molecule has 2 aromatic heterocycles. The number of nitrogens with zero attached hydrogens (tertiary/aromatic N) is 3. The first kappa shape index (κ1) is 55.7. The first-order valence-corrected chi connectivity index (χ1v) is 26.9. The van der Waals surface area contributed by atoms with Crippen molar-refractivity contribution < 1.29 is 84.6 Å². The van der Waals surface area contributed by atoms with E-state index in [1.165, 1.54) is 62.4 Å². The molecule has 77 heavy (non-hydrogen) atoms. The standard InChI is InChI=1S/C24H26ClF2N2O9P.C23H26ClFN3O9P/c1-14(2)36-21(32)15(3)13-39(34,38-16-7-5-4-6-8-16)35-12-18-19(30)24(27,9-10-25)22(37-18)29-11-17(26)20(31)28-23(29)33;1-14(2)35-20(31)15(3)13-38(33,37-16-7-5-4-6-8-16)34-12-17-19(30)23(25,9-10-24)21(36-17)28-22(32)27-18(29)11-26-28/h4-8,11,14-15,18-19,22,30H,12-13H2,1-3H3,(H,28,31,33);4-8,11,14-15,17,19,21,30H,12-13H2,1-3H3,(H,27,29,32)/t15-,18-,19+,22-,24?,39+;15-,17-,19+,21-,23?,38+/m11/s1/i2*12D2. The van der Waals surface area contributed by atoms with Crippen LogP contribution in [0.4, 0.5) is 13.2 Å². The van der Waals surface area contributed by atoms with E-state index in [1.807, 2.05) is 10.9 Å². The van der Waals surface area contributed by atoms with Crippen LogP contribution in [0, 0.1) is 40.3 Å². The Morgan fingerprint density at radius 1 is 0.753 bits per heavy atom. The average molecular weight is 1170 g/mol. The van der Waals surface area contributed by atoms with Gasteiger partial charge in [0.2, 0.25) is 23.4 Å². The van der Waals surface area contributed by atoms with Crippen LogP contribution in [0.5, 0.6) is 11.5 Å². The molecule has 0 radical (unpaired) electrons. The van der Waals surface area contributed by atoms with E-state index in [4.69, 9.17) is 65.7 Å². The molecule has 23 nitrogen and oxygen atoms in total. The van der Waals surface area contributed by atoms with Gasteiger partial charge in [0.05, 0.1) is 61.2 Å². The molecule has 2 fully saturated rings. The Hall–Kier alpha value is -6.02. The van der Waals surface area contributed by atoms with Crippen LogP contribution in [0.1, 0.15) is 59.5 Å². The van der Waals surface area contributed by atoms with Crippen molar-refractivity contribution in [3.63, 3.8) is 0 Å². The number of benzene rings is 2. The van der Waals surface area contributed by atoms with Crippen molar-refractivity contribution in [2.24, 2.45) is 11.8 Å². The number of alkyl halides is 2. The molecule has 0 aliphatic carbocycles. The zero-order chi connectivity index (χ0) is 60.6. The molecule has 4 N–H and O–H groups in total. The first-order valence-electron chi connectivity index (χ1n) is 24.6. The summed E-state index contributed by atoms with van der Waals surface area (Å²) in [5, 5.41) is 28.5. The van der Waals surface area contributed by atoms with Gasteiger partial charge in [-0.2, -0.15) is 14.2 Å². The lowest BCUT2D eigenvalue weighted by atomic mass is 9.97. The molecular weight excluding hydrogens is 1110 g/mol. The summed E-state index contributed by atoms with van der Waals surface area (Å²) < 4.78 is 151. The Morgan fingerprint density at radius 2 is 1.18 bits per heavy atom. The number of aliphatic hydroxyl groups is 2. The van der Waals surface area contributed by atoms with E-state index in [0.29, 0.717) is 6.20 Å². The van der Waals surface area contributed by atoms with E-state index in [0.717, 1.165) is 0 Å². The molecule has 0 amide bonds. The summed E-state index contributed by atoms with van der Waals surface area (Å²) in [5.74, 6) is -1.79. The second kappa shape index (κ2) is 26.6. The fourth-order valence-corrected chi connectivity index (χ4v) is 10.6. The highest BCUT2D eigenvalue weighted by Gasteiger charge is 2.60. The third-order valence-corrected chi connectivity index (χ3v) is 14.3. The summed E-state index contributed by atoms with van der Waals surface area (Å²) in [5.41, 5.74) is -11.6. The molecule has 2 unspecified atom stereocenters. The number of hydrogen-bond acceptors (Lipinski definition) is 19. The zero-order valence-corrected chi connectivity index (χ0v) is 44.5. The molecule has 6 rings (SSSR count). The lowest BCUT2D eigenvalue weighted by molar-refractivity contribution is -0.152. The number of rotatable bonds is 20. The van der Waals surface area contributed by atoms with Gasteiger partial charge < -0.3 is 38.2 Å². The van der Waals surface area contributed by atoms with E-state index in [1.54, 1.807) is 61.5 Å². The van der Waals surface area contributed by atoms with E-state index >= 15 is 8.78 Å². The van der Waals surface area contributed by atoms with Crippen LogP contribution >= 0.6 is 38.4 Å². The fraction of sp³-hybridized carbons (Fsp3) is 0.468. The van der Waals surface area contributed by atoms with Crippen LogP contribution in [0.15, 0.2) is 92.2 Å². The van der Waals surface area contributed by atoms with Gasteiger partial charge in [0.15, 0.2) is 6.23 Å². The lowest BCUT2D eigenvalue weighted by Gasteiger charge is -2.24. The molecule has 0 saturated carbocycles. The quantitative estimate of drug-likeness (QED) is 0.0530. The smallest absolute Gasteiger partial charge is 0.380 e. The Kier molecular flexibility index (Phi) is 19.2. The number of aromatic amines is 2. The minimum Gasteiger partial charge on any atom is -0.463 e. The van der Waals surface area contributed by atoms with Crippen LogP contribution in [0.3, 0.4) is 0 Å². The highest BCUT2D eigenvalue weighted by molar-refractivity contribution is 7.54. The van der Waals surface area contributed by atoms with Gasteiger partial charge in [-0.1, -0.05) is 50.2 Å². The van der Waals surface area contributed by atoms with Gasteiger partial charge in [-0.25, -0.2) is 27.5 Å². The maximum absolute atomic E-state index is 16.1. The van der Waals surface area contributed by atoms with Crippen LogP contribution in [-0.4, -0.2) is 120 Å². The second-order valence-corrected chi connectivity index (χ2v) is 21.6. The summed E-state index contributed by atoms with van der Waals surface area (Å²) in [6, 6.07) is 14.9. The van der Waals surface area contributed by atoms with Crippen molar-refractivity contribution in [2.75, 3.05) is 25.4 Å².